The molecule has 0 amide bonds. The van der Waals surface area contributed by atoms with Gasteiger partial charge in [0.1, 0.15) is 5.75 Å². The lowest BCUT2D eigenvalue weighted by atomic mass is 10.1. The van der Waals surface area contributed by atoms with Crippen molar-refractivity contribution >= 4 is 21.6 Å². The third-order valence-corrected chi connectivity index (χ3v) is 3.76. The van der Waals surface area contributed by atoms with Crippen LogP contribution in [-0.4, -0.2) is 19.2 Å². The second kappa shape index (κ2) is 5.27. The summed E-state index contributed by atoms with van der Waals surface area (Å²) >= 11 is 3.48. The predicted octanol–water partition coefficient (Wildman–Crippen LogP) is 3.06. The summed E-state index contributed by atoms with van der Waals surface area (Å²) in [6.45, 7) is 2.09. The number of aryl methyl sites for hydroxylation is 1. The first-order valence-corrected chi connectivity index (χ1v) is 6.75. The van der Waals surface area contributed by atoms with Gasteiger partial charge in [0.25, 0.3) is 0 Å². The fourth-order valence-corrected chi connectivity index (χ4v) is 2.96. The summed E-state index contributed by atoms with van der Waals surface area (Å²) in [4.78, 5) is 0. The highest BCUT2D eigenvalue weighted by molar-refractivity contribution is 9.10. The maximum absolute atomic E-state index is 5.93. The van der Waals surface area contributed by atoms with Crippen LogP contribution in [0.2, 0.25) is 0 Å². The highest BCUT2D eigenvalue weighted by Gasteiger charge is 2.23. The maximum Gasteiger partial charge on any atom is 0.143 e. The quantitative estimate of drug-likeness (QED) is 0.902. The van der Waals surface area contributed by atoms with Crippen molar-refractivity contribution in [1.82, 2.24) is 0 Å². The van der Waals surface area contributed by atoms with Crippen LogP contribution in [0.5, 0.6) is 5.75 Å². The van der Waals surface area contributed by atoms with Gasteiger partial charge in [-0.1, -0.05) is 15.9 Å². The van der Waals surface area contributed by atoms with Gasteiger partial charge in [-0.25, -0.2) is 0 Å². The zero-order chi connectivity index (χ0) is 12.4. The molecule has 0 heterocycles. The van der Waals surface area contributed by atoms with E-state index in [9.17, 15) is 0 Å². The Hall–Kier alpha value is -0.740. The monoisotopic (exact) mass is 298 g/mol. The molecule has 1 aliphatic carbocycles. The molecule has 0 aromatic heterocycles. The lowest BCUT2D eigenvalue weighted by Gasteiger charge is -2.19. The molecule has 3 N–H and O–H groups in total. The molecule has 0 saturated heterocycles. The zero-order valence-electron chi connectivity index (χ0n) is 10.3. The van der Waals surface area contributed by atoms with E-state index in [0.717, 1.165) is 35.2 Å². The van der Waals surface area contributed by atoms with Gasteiger partial charge in [0.05, 0.1) is 12.8 Å². The van der Waals surface area contributed by atoms with E-state index in [1.54, 1.807) is 7.11 Å². The second-order valence-electron chi connectivity index (χ2n) is 4.71. The van der Waals surface area contributed by atoms with E-state index in [1.165, 1.54) is 5.56 Å². The minimum absolute atomic E-state index is 0.342. The topological polar surface area (TPSA) is 47.3 Å². The van der Waals surface area contributed by atoms with Crippen molar-refractivity contribution in [2.45, 2.75) is 38.3 Å². The lowest BCUT2D eigenvalue weighted by Crippen LogP contribution is -2.21. The third-order valence-electron chi connectivity index (χ3n) is 3.31. The van der Waals surface area contributed by atoms with Crippen molar-refractivity contribution in [1.29, 1.82) is 0 Å². The molecular weight excluding hydrogens is 280 g/mol. The van der Waals surface area contributed by atoms with Gasteiger partial charge in [-0.2, -0.15) is 0 Å². The molecule has 1 aromatic rings. The molecule has 17 heavy (non-hydrogen) atoms. The molecule has 3 nitrogen and oxygen atoms in total. The Morgan fingerprint density at radius 1 is 1.41 bits per heavy atom. The molecule has 1 saturated carbocycles. The molecule has 0 radical (unpaired) electrons. The minimum atomic E-state index is 0.342. The summed E-state index contributed by atoms with van der Waals surface area (Å²) < 4.78 is 6.46. The van der Waals surface area contributed by atoms with E-state index in [1.807, 2.05) is 6.07 Å². The molecule has 0 aliphatic heterocycles. The normalized spacial score (nSPS) is 23.8. The highest BCUT2D eigenvalue weighted by atomic mass is 79.9. The van der Waals surface area contributed by atoms with Crippen molar-refractivity contribution in [3.63, 3.8) is 0 Å². The van der Waals surface area contributed by atoms with Gasteiger partial charge < -0.3 is 15.8 Å². The summed E-state index contributed by atoms with van der Waals surface area (Å²) in [7, 11) is 1.70. The van der Waals surface area contributed by atoms with E-state index in [2.05, 4.69) is 34.2 Å². The van der Waals surface area contributed by atoms with Crippen LogP contribution in [0.4, 0.5) is 5.69 Å². The number of nitrogens with one attached hydrogen (secondary N) is 1. The van der Waals surface area contributed by atoms with Gasteiger partial charge in [0.2, 0.25) is 0 Å². The van der Waals surface area contributed by atoms with Crippen LogP contribution in [0.1, 0.15) is 24.8 Å². The van der Waals surface area contributed by atoms with E-state index >= 15 is 0 Å². The number of hydrogen-bond acceptors (Lipinski definition) is 3. The van der Waals surface area contributed by atoms with Crippen molar-refractivity contribution in [2.24, 2.45) is 5.73 Å². The smallest absolute Gasteiger partial charge is 0.143 e. The van der Waals surface area contributed by atoms with Crippen LogP contribution in [0.3, 0.4) is 0 Å². The van der Waals surface area contributed by atoms with Gasteiger partial charge in [-0.05, 0) is 43.9 Å². The Labute approximate surface area is 111 Å². The van der Waals surface area contributed by atoms with Gasteiger partial charge in [0, 0.05) is 16.6 Å². The van der Waals surface area contributed by atoms with Crippen molar-refractivity contribution < 1.29 is 4.74 Å². The van der Waals surface area contributed by atoms with Crippen molar-refractivity contribution in [3.8, 4) is 5.75 Å². The summed E-state index contributed by atoms with van der Waals surface area (Å²) in [5.74, 6) is 0.886. The summed E-state index contributed by atoms with van der Waals surface area (Å²) in [5.41, 5.74) is 8.22. The lowest BCUT2D eigenvalue weighted by molar-refractivity contribution is 0.415. The first kappa shape index (κ1) is 12.7. The number of ether oxygens (including phenoxy) is 1. The molecule has 94 valence electrons. The van der Waals surface area contributed by atoms with Crippen LogP contribution in [0.15, 0.2) is 16.6 Å². The molecule has 1 aromatic carbocycles. The maximum atomic E-state index is 5.93. The van der Waals surface area contributed by atoms with Crippen molar-refractivity contribution in [3.05, 3.63) is 22.2 Å². The highest BCUT2D eigenvalue weighted by Crippen LogP contribution is 2.34. The van der Waals surface area contributed by atoms with Gasteiger partial charge in [-0.15, -0.1) is 0 Å². The molecule has 1 fully saturated rings. The van der Waals surface area contributed by atoms with Gasteiger partial charge >= 0.3 is 0 Å². The summed E-state index contributed by atoms with van der Waals surface area (Å²) in [6, 6.07) is 4.90. The SMILES string of the molecule is COc1cc(Br)cc(C)c1NC1CCC(N)C1. The first-order chi connectivity index (χ1) is 8.10. The Balaban J connectivity index is 2.19. The van der Waals surface area contributed by atoms with Crippen LogP contribution in [0, 0.1) is 6.92 Å². The fourth-order valence-electron chi connectivity index (χ4n) is 2.41. The summed E-state index contributed by atoms with van der Waals surface area (Å²) in [5, 5.41) is 3.56. The molecule has 2 unspecified atom stereocenters. The van der Waals surface area contributed by atoms with Gasteiger partial charge in [0.15, 0.2) is 0 Å². The van der Waals surface area contributed by atoms with Crippen LogP contribution >= 0.6 is 15.9 Å². The molecule has 1 aliphatic rings. The molecule has 2 rings (SSSR count). The number of anilines is 1. The average Bonchev–Trinajstić information content (AvgIpc) is 2.67. The first-order valence-electron chi connectivity index (χ1n) is 5.96. The third kappa shape index (κ3) is 2.93. The number of halogens is 1. The van der Waals surface area contributed by atoms with Crippen molar-refractivity contribution in [2.75, 3.05) is 12.4 Å². The molecule has 4 heteroatoms. The Morgan fingerprint density at radius 3 is 2.76 bits per heavy atom. The van der Waals surface area contributed by atoms with Gasteiger partial charge in [-0.3, -0.25) is 0 Å². The summed E-state index contributed by atoms with van der Waals surface area (Å²) in [6.07, 6.45) is 3.29. The van der Waals surface area contributed by atoms with Crippen LogP contribution in [0.25, 0.3) is 0 Å². The number of hydrogen-bond donors (Lipinski definition) is 2. The fraction of sp³-hybridized carbons (Fsp3) is 0.538. The Morgan fingerprint density at radius 2 is 2.18 bits per heavy atom. The predicted molar refractivity (Wildman–Crippen MR) is 74.7 cm³/mol. The number of nitrogens with two attached hydrogens (primary N) is 1. The largest absolute Gasteiger partial charge is 0.495 e. The average molecular weight is 299 g/mol. The van der Waals surface area contributed by atoms with Crippen LogP contribution < -0.4 is 15.8 Å². The Kier molecular flexibility index (Phi) is 3.94. The minimum Gasteiger partial charge on any atom is -0.495 e. The second-order valence-corrected chi connectivity index (χ2v) is 5.63. The molecular formula is C13H19BrN2O. The molecule has 0 spiro atoms. The number of rotatable bonds is 3. The molecule has 0 bridgehead atoms. The molecule has 2 atom stereocenters. The standard InChI is InChI=1S/C13H19BrN2O/c1-8-5-9(14)6-12(17-2)13(8)16-11-4-3-10(15)7-11/h5-6,10-11,16H,3-4,7,15H2,1-2H3. The Bertz CT molecular complexity index is 409. The van der Waals surface area contributed by atoms with Crippen LogP contribution in [-0.2, 0) is 0 Å². The number of benzene rings is 1. The zero-order valence-corrected chi connectivity index (χ0v) is 11.9. The number of methoxy groups -OCH3 is 1. The van der Waals surface area contributed by atoms with E-state index < -0.39 is 0 Å². The van der Waals surface area contributed by atoms with E-state index in [0.29, 0.717) is 12.1 Å². The van der Waals surface area contributed by atoms with E-state index in [4.69, 9.17) is 10.5 Å². The van der Waals surface area contributed by atoms with E-state index in [-0.39, 0.29) is 0 Å².